The van der Waals surface area contributed by atoms with Gasteiger partial charge in [0, 0.05) is 10.5 Å². The molecule has 1 aromatic carbocycles. The summed E-state index contributed by atoms with van der Waals surface area (Å²) in [4.78, 5) is 0.164. The number of rotatable bonds is 6. The third-order valence-corrected chi connectivity index (χ3v) is 5.13. The minimum atomic E-state index is -3.55. The van der Waals surface area contributed by atoms with Crippen molar-refractivity contribution in [1.82, 2.24) is 4.72 Å². The summed E-state index contributed by atoms with van der Waals surface area (Å²) in [5, 5.41) is 9.05. The molecule has 0 fully saturated rings. The van der Waals surface area contributed by atoms with Crippen LogP contribution in [0.25, 0.3) is 0 Å². The Balaban J connectivity index is 3.04. The molecule has 0 amide bonds. The van der Waals surface area contributed by atoms with Crippen molar-refractivity contribution in [3.05, 3.63) is 28.2 Å². The smallest absolute Gasteiger partial charge is 0.241 e. The highest BCUT2D eigenvalue weighted by molar-refractivity contribution is 9.10. The number of hydrogen-bond donors (Lipinski definition) is 2. The van der Waals surface area contributed by atoms with Crippen molar-refractivity contribution in [2.75, 3.05) is 0 Å². The first-order valence-corrected chi connectivity index (χ1v) is 8.10. The minimum absolute atomic E-state index is 0.107. The van der Waals surface area contributed by atoms with Crippen molar-refractivity contribution < 1.29 is 13.5 Å². The predicted octanol–water partition coefficient (Wildman–Crippen LogP) is 2.41. The van der Waals surface area contributed by atoms with Crippen LogP contribution in [0, 0.1) is 0 Å². The molecular formula is C12H18BrNO3S. The van der Waals surface area contributed by atoms with E-state index in [2.05, 4.69) is 20.7 Å². The van der Waals surface area contributed by atoms with Crippen LogP contribution in [0.2, 0.25) is 0 Å². The van der Waals surface area contributed by atoms with Crippen LogP contribution in [0.1, 0.15) is 32.3 Å². The van der Waals surface area contributed by atoms with E-state index in [-0.39, 0.29) is 17.5 Å². The molecule has 0 spiro atoms. The van der Waals surface area contributed by atoms with Gasteiger partial charge in [0.2, 0.25) is 10.0 Å². The second kappa shape index (κ2) is 6.65. The normalized spacial score (nSPS) is 13.6. The molecule has 6 heteroatoms. The molecule has 1 atom stereocenters. The van der Waals surface area contributed by atoms with Crippen LogP contribution < -0.4 is 4.72 Å². The molecule has 18 heavy (non-hydrogen) atoms. The maximum Gasteiger partial charge on any atom is 0.241 e. The number of nitrogens with one attached hydrogen (secondary N) is 1. The minimum Gasteiger partial charge on any atom is -0.392 e. The molecule has 0 saturated carbocycles. The molecule has 0 bridgehead atoms. The zero-order chi connectivity index (χ0) is 13.8. The van der Waals surface area contributed by atoms with Crippen LogP contribution >= 0.6 is 15.9 Å². The van der Waals surface area contributed by atoms with Crippen LogP contribution in [0.15, 0.2) is 27.6 Å². The summed E-state index contributed by atoms with van der Waals surface area (Å²) in [5.41, 5.74) is 0.571. The largest absolute Gasteiger partial charge is 0.392 e. The first kappa shape index (κ1) is 15.6. The standard InChI is InChI=1S/C12H18BrNO3S/c1-3-4-9(2)14-18(16,17)12-7-10(8-15)5-6-11(12)13/h5-7,9,14-15H,3-4,8H2,1-2H3. The number of aliphatic hydroxyl groups is 1. The molecule has 1 rings (SSSR count). The average Bonchev–Trinajstić information content (AvgIpc) is 2.29. The lowest BCUT2D eigenvalue weighted by Gasteiger charge is -2.14. The Morgan fingerprint density at radius 2 is 2.11 bits per heavy atom. The van der Waals surface area contributed by atoms with Gasteiger partial charge in [0.05, 0.1) is 11.5 Å². The van der Waals surface area contributed by atoms with Gasteiger partial charge in [-0.2, -0.15) is 0 Å². The van der Waals surface area contributed by atoms with E-state index in [1.165, 1.54) is 6.07 Å². The van der Waals surface area contributed by atoms with Crippen molar-refractivity contribution >= 4 is 26.0 Å². The molecule has 2 N–H and O–H groups in total. The Kier molecular flexibility index (Phi) is 5.78. The Morgan fingerprint density at radius 3 is 2.67 bits per heavy atom. The van der Waals surface area contributed by atoms with Crippen LogP contribution in [0.4, 0.5) is 0 Å². The quantitative estimate of drug-likeness (QED) is 0.838. The van der Waals surface area contributed by atoms with Crippen LogP contribution in [-0.2, 0) is 16.6 Å². The Labute approximate surface area is 117 Å². The fourth-order valence-corrected chi connectivity index (χ4v) is 3.96. The van der Waals surface area contributed by atoms with Crippen molar-refractivity contribution in [1.29, 1.82) is 0 Å². The lowest BCUT2D eigenvalue weighted by Crippen LogP contribution is -2.32. The van der Waals surface area contributed by atoms with Gasteiger partial charge in [-0.3, -0.25) is 0 Å². The number of sulfonamides is 1. The van der Waals surface area contributed by atoms with E-state index >= 15 is 0 Å². The van der Waals surface area contributed by atoms with Crippen LogP contribution in [0.5, 0.6) is 0 Å². The fourth-order valence-electron chi connectivity index (χ4n) is 1.67. The van der Waals surface area contributed by atoms with Gasteiger partial charge in [0.1, 0.15) is 0 Å². The molecular weight excluding hydrogens is 318 g/mol. The Bertz CT molecular complexity index is 502. The molecule has 0 aromatic heterocycles. The zero-order valence-electron chi connectivity index (χ0n) is 10.5. The van der Waals surface area contributed by atoms with Crippen molar-refractivity contribution in [2.24, 2.45) is 0 Å². The summed E-state index contributed by atoms with van der Waals surface area (Å²) in [7, 11) is -3.55. The fraction of sp³-hybridized carbons (Fsp3) is 0.500. The number of hydrogen-bond acceptors (Lipinski definition) is 3. The third kappa shape index (κ3) is 4.05. The van der Waals surface area contributed by atoms with E-state index < -0.39 is 10.0 Å². The van der Waals surface area contributed by atoms with Crippen molar-refractivity contribution in [3.63, 3.8) is 0 Å². The second-order valence-corrected chi connectivity index (χ2v) is 6.77. The van der Waals surface area contributed by atoms with Gasteiger partial charge in [0.15, 0.2) is 0 Å². The summed E-state index contributed by atoms with van der Waals surface area (Å²) >= 11 is 3.22. The van der Waals surface area contributed by atoms with E-state index in [1.54, 1.807) is 12.1 Å². The van der Waals surface area contributed by atoms with Gasteiger partial charge in [-0.15, -0.1) is 0 Å². The van der Waals surface area contributed by atoms with Gasteiger partial charge in [-0.25, -0.2) is 13.1 Å². The van der Waals surface area contributed by atoms with E-state index in [9.17, 15) is 8.42 Å². The monoisotopic (exact) mass is 335 g/mol. The molecule has 0 radical (unpaired) electrons. The molecule has 0 saturated heterocycles. The number of aliphatic hydroxyl groups excluding tert-OH is 1. The molecule has 1 unspecified atom stereocenters. The highest BCUT2D eigenvalue weighted by atomic mass is 79.9. The van der Waals surface area contributed by atoms with Crippen molar-refractivity contribution in [3.8, 4) is 0 Å². The van der Waals surface area contributed by atoms with E-state index in [0.29, 0.717) is 10.0 Å². The van der Waals surface area contributed by atoms with Crippen LogP contribution in [0.3, 0.4) is 0 Å². The van der Waals surface area contributed by atoms with Gasteiger partial charge in [0.25, 0.3) is 0 Å². The van der Waals surface area contributed by atoms with Gasteiger partial charge in [-0.05, 0) is 47.0 Å². The van der Waals surface area contributed by atoms with E-state index in [0.717, 1.165) is 12.8 Å². The highest BCUT2D eigenvalue weighted by Gasteiger charge is 2.20. The first-order chi connectivity index (χ1) is 8.40. The lowest BCUT2D eigenvalue weighted by atomic mass is 10.2. The predicted molar refractivity (Wildman–Crippen MR) is 74.8 cm³/mol. The maximum absolute atomic E-state index is 12.2. The molecule has 1 aromatic rings. The zero-order valence-corrected chi connectivity index (χ0v) is 12.9. The molecule has 0 aliphatic heterocycles. The topological polar surface area (TPSA) is 66.4 Å². The molecule has 0 aliphatic rings. The van der Waals surface area contributed by atoms with Gasteiger partial charge >= 0.3 is 0 Å². The highest BCUT2D eigenvalue weighted by Crippen LogP contribution is 2.23. The van der Waals surface area contributed by atoms with E-state index in [4.69, 9.17) is 5.11 Å². The molecule has 0 heterocycles. The summed E-state index contributed by atoms with van der Waals surface area (Å²) in [5.74, 6) is 0. The Hall–Kier alpha value is -0.430. The maximum atomic E-state index is 12.2. The number of halogens is 1. The van der Waals surface area contributed by atoms with E-state index in [1.807, 2.05) is 13.8 Å². The Morgan fingerprint density at radius 1 is 1.44 bits per heavy atom. The number of benzene rings is 1. The van der Waals surface area contributed by atoms with Gasteiger partial charge in [-0.1, -0.05) is 19.4 Å². The summed E-state index contributed by atoms with van der Waals surface area (Å²) < 4.78 is 27.5. The summed E-state index contributed by atoms with van der Waals surface area (Å²) in [6.45, 7) is 3.66. The van der Waals surface area contributed by atoms with Gasteiger partial charge < -0.3 is 5.11 Å². The molecule has 102 valence electrons. The van der Waals surface area contributed by atoms with Crippen LogP contribution in [-0.4, -0.2) is 19.6 Å². The second-order valence-electron chi connectivity index (χ2n) is 4.23. The molecule has 0 aliphatic carbocycles. The SMILES string of the molecule is CCCC(C)NS(=O)(=O)c1cc(CO)ccc1Br. The summed E-state index contributed by atoms with van der Waals surface area (Å²) in [6, 6.07) is 4.68. The first-order valence-electron chi connectivity index (χ1n) is 5.82. The lowest BCUT2D eigenvalue weighted by molar-refractivity contribution is 0.281. The average molecular weight is 336 g/mol. The van der Waals surface area contributed by atoms with Crippen molar-refractivity contribution in [2.45, 2.75) is 44.2 Å². The summed E-state index contributed by atoms with van der Waals surface area (Å²) in [6.07, 6.45) is 1.71. The third-order valence-electron chi connectivity index (χ3n) is 2.55. The molecule has 4 nitrogen and oxygen atoms in total.